The third-order valence-electron chi connectivity index (χ3n) is 2.88. The minimum Gasteiger partial charge on any atom is -0.448 e. The fraction of sp³-hybridized carbons (Fsp3) is 0.733. The summed E-state index contributed by atoms with van der Waals surface area (Å²) in [5.41, 5.74) is 0. The van der Waals surface area contributed by atoms with Crippen molar-refractivity contribution in [3.63, 3.8) is 0 Å². The van der Waals surface area contributed by atoms with Crippen molar-refractivity contribution >= 4 is 46.3 Å². The highest BCUT2D eigenvalue weighted by molar-refractivity contribution is 8.23. The van der Waals surface area contributed by atoms with Crippen molar-refractivity contribution in [1.29, 1.82) is 0 Å². The van der Waals surface area contributed by atoms with E-state index in [9.17, 15) is 14.4 Å². The van der Waals surface area contributed by atoms with Gasteiger partial charge in [-0.3, -0.25) is 4.79 Å². The predicted molar refractivity (Wildman–Crippen MR) is 99.1 cm³/mol. The van der Waals surface area contributed by atoms with Crippen LogP contribution in [0.5, 0.6) is 0 Å². The quantitative estimate of drug-likeness (QED) is 0.235. The number of thioether (sulfide) groups is 1. The Balaban J connectivity index is 3.51. The van der Waals surface area contributed by atoms with Crippen molar-refractivity contribution in [1.82, 2.24) is 10.6 Å². The Labute approximate surface area is 152 Å². The maximum absolute atomic E-state index is 11.7. The molecule has 2 N–H and O–H groups in total. The van der Waals surface area contributed by atoms with Crippen LogP contribution < -0.4 is 10.6 Å². The van der Waals surface area contributed by atoms with Crippen molar-refractivity contribution in [2.24, 2.45) is 4.99 Å². The van der Waals surface area contributed by atoms with Crippen LogP contribution in [0.1, 0.15) is 39.5 Å². The molecule has 0 radical (unpaired) electrons. The van der Waals surface area contributed by atoms with Gasteiger partial charge in [-0.15, -0.1) is 11.8 Å². The molecule has 0 bridgehead atoms. The molecule has 136 valence electrons. The lowest BCUT2D eigenvalue weighted by Crippen LogP contribution is -2.35. The largest absolute Gasteiger partial charge is 0.448 e. The Morgan fingerprint density at radius 2 is 1.92 bits per heavy atom. The number of nitrogens with zero attached hydrogens (tertiary/aromatic N) is 1. The topological polar surface area (TPSA) is 96.9 Å². The summed E-state index contributed by atoms with van der Waals surface area (Å²) in [5, 5.41) is 5.07. The van der Waals surface area contributed by atoms with E-state index in [2.05, 4.69) is 15.6 Å². The van der Waals surface area contributed by atoms with Crippen molar-refractivity contribution in [2.75, 3.05) is 26.2 Å². The van der Waals surface area contributed by atoms with Crippen LogP contribution in [0, 0.1) is 0 Å². The van der Waals surface area contributed by atoms with Gasteiger partial charge in [-0.05, 0) is 26.7 Å². The molecule has 0 rings (SSSR count). The summed E-state index contributed by atoms with van der Waals surface area (Å²) < 4.78 is 5.67. The Bertz CT molecular complexity index is 454. The lowest BCUT2D eigenvalue weighted by molar-refractivity contribution is -0.120. The molecule has 0 aliphatic carbocycles. The first-order valence-corrected chi connectivity index (χ1v) is 9.15. The maximum atomic E-state index is 11.7. The summed E-state index contributed by atoms with van der Waals surface area (Å²) in [6.45, 7) is 4.97. The van der Waals surface area contributed by atoms with Crippen molar-refractivity contribution in [3.05, 3.63) is 0 Å². The number of unbranched alkanes of at least 4 members (excludes halogenated alkanes) is 3. The van der Waals surface area contributed by atoms with Gasteiger partial charge in [0.25, 0.3) is 0 Å². The van der Waals surface area contributed by atoms with Crippen LogP contribution in [0.3, 0.4) is 0 Å². The first kappa shape index (κ1) is 22.6. The number of aliphatic imine (C=N–C) groups is 1. The molecule has 0 saturated heterocycles. The molecule has 7 nitrogen and oxygen atoms in total. The fourth-order valence-electron chi connectivity index (χ4n) is 1.72. The molecule has 0 saturated carbocycles. The number of hydrogen-bond acceptors (Lipinski definition) is 7. The number of carbonyl (C=O) groups excluding carboxylic acids is 3. The predicted octanol–water partition coefficient (Wildman–Crippen LogP) is 2.19. The van der Waals surface area contributed by atoms with Crippen LogP contribution in [-0.4, -0.2) is 53.8 Å². The first-order chi connectivity index (χ1) is 11.5. The lowest BCUT2D eigenvalue weighted by atomic mass is 10.2. The molecular formula is C15H25N3O4S2. The van der Waals surface area contributed by atoms with Crippen molar-refractivity contribution in [3.8, 4) is 0 Å². The van der Waals surface area contributed by atoms with Gasteiger partial charge < -0.3 is 15.4 Å². The Kier molecular flexibility index (Phi) is 14.2. The molecule has 0 aromatic carbocycles. The number of rotatable bonds is 12. The van der Waals surface area contributed by atoms with Gasteiger partial charge in [0.2, 0.25) is 12.0 Å². The van der Waals surface area contributed by atoms with Gasteiger partial charge in [-0.25, -0.2) is 14.6 Å². The van der Waals surface area contributed by atoms with Crippen LogP contribution in [0.2, 0.25) is 0 Å². The van der Waals surface area contributed by atoms with Gasteiger partial charge in [0.1, 0.15) is 6.61 Å². The zero-order valence-electron chi connectivity index (χ0n) is 14.1. The zero-order valence-corrected chi connectivity index (χ0v) is 15.8. The Hall–Kier alpha value is -1.44. The zero-order chi connectivity index (χ0) is 18.2. The molecule has 0 fully saturated rings. The van der Waals surface area contributed by atoms with Crippen molar-refractivity contribution < 1.29 is 19.1 Å². The molecular weight excluding hydrogens is 350 g/mol. The normalized spacial score (nSPS) is 11.1. The molecule has 0 aromatic heterocycles. The number of carbonyl (C=O) groups is 2. The number of alkyl carbamates (subject to hydrolysis) is 1. The highest BCUT2D eigenvalue weighted by atomic mass is 32.2. The van der Waals surface area contributed by atoms with Crippen LogP contribution in [-0.2, 0) is 14.3 Å². The van der Waals surface area contributed by atoms with Gasteiger partial charge in [0, 0.05) is 10.7 Å². The third-order valence-corrected chi connectivity index (χ3v) is 4.07. The molecule has 0 spiro atoms. The Morgan fingerprint density at radius 3 is 2.58 bits per heavy atom. The molecule has 0 aliphatic rings. The monoisotopic (exact) mass is 375 g/mol. The van der Waals surface area contributed by atoms with E-state index >= 15 is 0 Å². The Morgan fingerprint density at radius 1 is 1.21 bits per heavy atom. The highest BCUT2D eigenvalue weighted by Gasteiger charge is 2.13. The molecule has 1 unspecified atom stereocenters. The molecule has 2 amide bonds. The maximum Gasteiger partial charge on any atom is 0.407 e. The highest BCUT2D eigenvalue weighted by Crippen LogP contribution is 2.12. The SMILES string of the molecule is CC(=S)SC(C)C(=O)NCCOC(=O)NCCCCCCN=C=O. The number of amides is 2. The summed E-state index contributed by atoms with van der Waals surface area (Å²) in [4.78, 5) is 36.4. The standard InChI is InChI=1S/C15H25N3O4S2/c1-12(24-13(2)23)14(20)17-9-10-22-15(21)18-8-6-4-3-5-7-16-11-19/h12H,3-10H2,1-2H3,(H,17,20)(H,18,21). The van der Waals surface area contributed by atoms with E-state index in [1.54, 1.807) is 13.8 Å². The van der Waals surface area contributed by atoms with E-state index < -0.39 is 6.09 Å². The summed E-state index contributed by atoms with van der Waals surface area (Å²) in [6, 6.07) is 0. The summed E-state index contributed by atoms with van der Waals surface area (Å²) in [5.74, 6) is -0.132. The second kappa shape index (κ2) is 15.1. The molecule has 24 heavy (non-hydrogen) atoms. The van der Waals surface area contributed by atoms with E-state index in [0.717, 1.165) is 25.7 Å². The first-order valence-electron chi connectivity index (χ1n) is 7.86. The van der Waals surface area contributed by atoms with Gasteiger partial charge in [-0.2, -0.15) is 0 Å². The molecule has 0 aromatic rings. The van der Waals surface area contributed by atoms with E-state index in [4.69, 9.17) is 17.0 Å². The van der Waals surface area contributed by atoms with E-state index in [1.807, 2.05) is 0 Å². The van der Waals surface area contributed by atoms with Gasteiger partial charge in [-0.1, -0.05) is 25.1 Å². The number of ether oxygens (including phenoxy) is 1. The smallest absolute Gasteiger partial charge is 0.407 e. The van der Waals surface area contributed by atoms with Crippen molar-refractivity contribution in [2.45, 2.75) is 44.8 Å². The second-order valence-electron chi connectivity index (χ2n) is 4.99. The fourth-order valence-corrected chi connectivity index (χ4v) is 2.84. The molecule has 1 atom stereocenters. The summed E-state index contributed by atoms with van der Waals surface area (Å²) >= 11 is 6.25. The molecule has 0 aliphatic heterocycles. The number of hydrogen-bond donors (Lipinski definition) is 2. The third kappa shape index (κ3) is 14.2. The summed E-state index contributed by atoms with van der Waals surface area (Å²) in [7, 11) is 0. The molecule has 0 heterocycles. The number of isocyanates is 1. The minimum absolute atomic E-state index is 0.120. The number of thiocarbonyl (C=S) groups is 1. The molecule has 9 heteroatoms. The minimum atomic E-state index is -0.494. The van der Waals surface area contributed by atoms with Gasteiger partial charge >= 0.3 is 6.09 Å². The summed E-state index contributed by atoms with van der Waals surface area (Å²) in [6.07, 6.45) is 4.58. The van der Waals surface area contributed by atoms with Gasteiger partial charge in [0.15, 0.2) is 0 Å². The van der Waals surface area contributed by atoms with Crippen LogP contribution >= 0.6 is 24.0 Å². The van der Waals surface area contributed by atoms with E-state index in [-0.39, 0.29) is 24.3 Å². The number of nitrogens with one attached hydrogen (secondary N) is 2. The van der Waals surface area contributed by atoms with Gasteiger partial charge in [0.05, 0.1) is 18.3 Å². The lowest BCUT2D eigenvalue weighted by Gasteiger charge is -2.11. The van der Waals surface area contributed by atoms with Crippen LogP contribution in [0.25, 0.3) is 0 Å². The van der Waals surface area contributed by atoms with E-state index in [1.165, 1.54) is 17.8 Å². The second-order valence-corrected chi connectivity index (χ2v) is 7.42. The van der Waals surface area contributed by atoms with Crippen LogP contribution in [0.4, 0.5) is 4.79 Å². The average molecular weight is 376 g/mol. The average Bonchev–Trinajstić information content (AvgIpc) is 2.53. The van der Waals surface area contributed by atoms with Crippen LogP contribution in [0.15, 0.2) is 4.99 Å². The van der Waals surface area contributed by atoms with E-state index in [0.29, 0.717) is 17.3 Å².